The summed E-state index contributed by atoms with van der Waals surface area (Å²) in [4.78, 5) is 12.8. The second-order valence-corrected chi connectivity index (χ2v) is 8.94. The van der Waals surface area contributed by atoms with Gasteiger partial charge in [0.15, 0.2) is 17.3 Å². The summed E-state index contributed by atoms with van der Waals surface area (Å²) in [5.41, 5.74) is 6.07. The van der Waals surface area contributed by atoms with Gasteiger partial charge in [0.05, 0.1) is 0 Å². The third-order valence-electron chi connectivity index (χ3n) is 5.86. The van der Waals surface area contributed by atoms with Crippen LogP contribution in [0.25, 0.3) is 11.0 Å². The fourth-order valence-corrected chi connectivity index (χ4v) is 4.21. The molecule has 3 heterocycles. The van der Waals surface area contributed by atoms with Crippen molar-refractivity contribution in [2.45, 2.75) is 45.2 Å². The summed E-state index contributed by atoms with van der Waals surface area (Å²) in [6, 6.07) is 11.6. The van der Waals surface area contributed by atoms with E-state index in [0.717, 1.165) is 43.5 Å². The molecule has 2 N–H and O–H groups in total. The zero-order valence-corrected chi connectivity index (χ0v) is 21.7. The maximum absolute atomic E-state index is 13.2. The number of amides is 1. The summed E-state index contributed by atoms with van der Waals surface area (Å²) in [7, 11) is 0. The number of aryl methyl sites for hydroxylation is 1. The van der Waals surface area contributed by atoms with Gasteiger partial charge in [-0.3, -0.25) is 4.79 Å². The van der Waals surface area contributed by atoms with Gasteiger partial charge in [-0.05, 0) is 67.8 Å². The molecule has 10 heteroatoms. The van der Waals surface area contributed by atoms with Crippen LogP contribution in [-0.2, 0) is 17.1 Å². The summed E-state index contributed by atoms with van der Waals surface area (Å²) in [5, 5.41) is 0.783. The number of fused-ring (bicyclic) bond motifs is 2. The Labute approximate surface area is 219 Å². The quantitative estimate of drug-likeness (QED) is 0.407. The summed E-state index contributed by atoms with van der Waals surface area (Å²) in [6.07, 6.45) is 2.15. The molecule has 1 aromatic heterocycles. The molecule has 0 bridgehead atoms. The average Bonchev–Trinajstić information content (AvgIpc) is 3.51. The zero-order chi connectivity index (χ0) is 27.0. The van der Waals surface area contributed by atoms with Crippen molar-refractivity contribution in [1.29, 1.82) is 0 Å². The molecule has 1 atom stereocenters. The molecule has 0 radical (unpaired) electrons. The fraction of sp³-hybridized carbons (Fsp3) is 0.444. The molecule has 37 heavy (non-hydrogen) atoms. The first-order chi connectivity index (χ1) is 17.7. The monoisotopic (exact) mass is 540 g/mol. The molecular formula is C27H32ClF3N2O4. The van der Waals surface area contributed by atoms with Gasteiger partial charge in [0.25, 0.3) is 5.91 Å². The second-order valence-electron chi connectivity index (χ2n) is 8.50. The molecule has 2 aromatic carbocycles. The maximum atomic E-state index is 13.2. The van der Waals surface area contributed by atoms with Gasteiger partial charge in [-0.1, -0.05) is 31.5 Å². The number of nitrogens with two attached hydrogens (primary N) is 1. The lowest BCUT2D eigenvalue weighted by molar-refractivity contribution is -0.145. The maximum Gasteiger partial charge on any atom is 0.380 e. The summed E-state index contributed by atoms with van der Waals surface area (Å²) in [6.45, 7) is 7.76. The molecule has 5 rings (SSSR count). The number of alkyl halides is 3. The normalized spacial score (nSPS) is 17.0. The molecule has 1 fully saturated rings. The molecule has 3 aromatic rings. The lowest BCUT2D eigenvalue weighted by Crippen LogP contribution is -2.32. The van der Waals surface area contributed by atoms with E-state index in [1.807, 2.05) is 19.9 Å². The van der Waals surface area contributed by atoms with E-state index < -0.39 is 23.8 Å². The molecule has 1 amide bonds. The first-order valence-corrected chi connectivity index (χ1v) is 12.7. The first kappa shape index (κ1) is 28.7. The number of carbonyl (C=O) groups is 1. The Morgan fingerprint density at radius 2 is 1.84 bits per heavy atom. The fourth-order valence-electron chi connectivity index (χ4n) is 4.03. The summed E-state index contributed by atoms with van der Waals surface area (Å²) < 4.78 is 55.4. The minimum Gasteiger partial charge on any atom is -0.486 e. The van der Waals surface area contributed by atoms with Crippen LogP contribution >= 0.6 is 11.6 Å². The molecule has 202 valence electrons. The van der Waals surface area contributed by atoms with E-state index in [1.54, 1.807) is 0 Å². The van der Waals surface area contributed by atoms with E-state index in [4.69, 9.17) is 25.5 Å². The highest BCUT2D eigenvalue weighted by Gasteiger charge is 2.42. The molecular weight excluding hydrogens is 509 g/mol. The van der Waals surface area contributed by atoms with Gasteiger partial charge in [0, 0.05) is 23.5 Å². The smallest absolute Gasteiger partial charge is 0.380 e. The van der Waals surface area contributed by atoms with E-state index in [-0.39, 0.29) is 5.58 Å². The minimum atomic E-state index is -3.81. The number of ether oxygens (including phenoxy) is 2. The Hall–Kier alpha value is -2.91. The standard InChI is InChI=1S/C15H20FNO2.C10H6ClF2NO2.C2H6/c16-13-5-7-17(11-13)6-1-2-12-3-4-14-15(10-12)19-9-8-18-14;11-6-1-2-7-5(3-6)4-8(16-7)10(12,13)9(14)15;1-2/h3-4,10,13H,1-2,5-9,11H2;1-4H,(H2,14,15);1-2H3. The van der Waals surface area contributed by atoms with E-state index in [9.17, 15) is 18.0 Å². The first-order valence-electron chi connectivity index (χ1n) is 12.3. The predicted octanol–water partition coefficient (Wildman–Crippen LogP) is 6.12. The van der Waals surface area contributed by atoms with Gasteiger partial charge in [0.1, 0.15) is 25.0 Å². The zero-order valence-electron chi connectivity index (χ0n) is 20.9. The Morgan fingerprint density at radius 1 is 1.11 bits per heavy atom. The summed E-state index contributed by atoms with van der Waals surface area (Å²) in [5.74, 6) is -4.65. The van der Waals surface area contributed by atoms with Crippen molar-refractivity contribution in [2.24, 2.45) is 5.73 Å². The Kier molecular flexibility index (Phi) is 10.1. The van der Waals surface area contributed by atoms with Gasteiger partial charge < -0.3 is 24.5 Å². The number of likely N-dealkylation sites (tertiary alicyclic amines) is 1. The molecule has 1 saturated heterocycles. The van der Waals surface area contributed by atoms with Crippen LogP contribution < -0.4 is 15.2 Å². The van der Waals surface area contributed by atoms with Crippen LogP contribution in [0.5, 0.6) is 11.5 Å². The Balaban J connectivity index is 0.000000195. The van der Waals surface area contributed by atoms with Gasteiger partial charge >= 0.3 is 5.92 Å². The van der Waals surface area contributed by atoms with E-state index in [2.05, 4.69) is 22.8 Å². The van der Waals surface area contributed by atoms with Crippen LogP contribution in [0.3, 0.4) is 0 Å². The van der Waals surface area contributed by atoms with Crippen molar-refractivity contribution < 1.29 is 31.9 Å². The average molecular weight is 541 g/mol. The van der Waals surface area contributed by atoms with Crippen molar-refractivity contribution in [2.75, 3.05) is 32.8 Å². The van der Waals surface area contributed by atoms with E-state index in [0.29, 0.717) is 36.6 Å². The predicted molar refractivity (Wildman–Crippen MR) is 137 cm³/mol. The lowest BCUT2D eigenvalue weighted by Gasteiger charge is -2.19. The van der Waals surface area contributed by atoms with Crippen molar-refractivity contribution in [3.8, 4) is 11.5 Å². The van der Waals surface area contributed by atoms with Crippen LogP contribution in [0.2, 0.25) is 5.02 Å². The summed E-state index contributed by atoms with van der Waals surface area (Å²) >= 11 is 5.68. The topological polar surface area (TPSA) is 77.9 Å². The van der Waals surface area contributed by atoms with Crippen LogP contribution in [0.4, 0.5) is 13.2 Å². The number of hydrogen-bond acceptors (Lipinski definition) is 5. The number of benzene rings is 2. The lowest BCUT2D eigenvalue weighted by atomic mass is 10.1. The molecule has 0 aliphatic carbocycles. The highest BCUT2D eigenvalue weighted by atomic mass is 35.5. The van der Waals surface area contributed by atoms with E-state index >= 15 is 0 Å². The number of nitrogens with zero attached hydrogens (tertiary/aromatic N) is 1. The number of rotatable bonds is 6. The van der Waals surface area contributed by atoms with Gasteiger partial charge in [-0.2, -0.15) is 8.78 Å². The molecule has 2 aliphatic rings. The van der Waals surface area contributed by atoms with Crippen LogP contribution in [-0.4, -0.2) is 49.8 Å². The number of hydrogen-bond donors (Lipinski definition) is 1. The van der Waals surface area contributed by atoms with Crippen LogP contribution in [0.15, 0.2) is 46.9 Å². The molecule has 0 spiro atoms. The Bertz CT molecular complexity index is 1190. The van der Waals surface area contributed by atoms with Crippen LogP contribution in [0.1, 0.15) is 38.0 Å². The number of halogens is 4. The second kappa shape index (κ2) is 13.1. The molecule has 6 nitrogen and oxygen atoms in total. The molecule has 2 aliphatic heterocycles. The van der Waals surface area contributed by atoms with Crippen molar-refractivity contribution >= 4 is 28.5 Å². The number of carbonyl (C=O) groups excluding carboxylic acids is 1. The third kappa shape index (κ3) is 7.55. The van der Waals surface area contributed by atoms with E-state index in [1.165, 1.54) is 23.8 Å². The largest absolute Gasteiger partial charge is 0.486 e. The van der Waals surface area contributed by atoms with Gasteiger partial charge in [-0.25, -0.2) is 4.39 Å². The minimum absolute atomic E-state index is 0.223. The van der Waals surface area contributed by atoms with Gasteiger partial charge in [0.2, 0.25) is 0 Å². The Morgan fingerprint density at radius 3 is 2.51 bits per heavy atom. The number of furan rings is 1. The van der Waals surface area contributed by atoms with Gasteiger partial charge in [-0.15, -0.1) is 0 Å². The van der Waals surface area contributed by atoms with Crippen LogP contribution in [0, 0.1) is 0 Å². The number of primary amides is 1. The SMILES string of the molecule is CC.FC1CCN(CCCc2ccc3c(c2)OCCO3)C1.NC(=O)C(F)(F)c1cc2cc(Cl)ccc2o1. The highest BCUT2D eigenvalue weighted by Crippen LogP contribution is 2.33. The van der Waals surface area contributed by atoms with Crippen molar-refractivity contribution in [3.63, 3.8) is 0 Å². The molecule has 1 unspecified atom stereocenters. The third-order valence-corrected chi connectivity index (χ3v) is 6.09. The highest BCUT2D eigenvalue weighted by molar-refractivity contribution is 6.31. The molecule has 0 saturated carbocycles. The van der Waals surface area contributed by atoms with Crippen molar-refractivity contribution in [3.05, 3.63) is 58.8 Å². The van der Waals surface area contributed by atoms with Crippen molar-refractivity contribution in [1.82, 2.24) is 4.90 Å².